The zero-order chi connectivity index (χ0) is 12.5. The van der Waals surface area contributed by atoms with Gasteiger partial charge in [0.25, 0.3) is 0 Å². The number of aromatic nitrogens is 1. The normalized spacial score (nSPS) is 11.5. The summed E-state index contributed by atoms with van der Waals surface area (Å²) in [5.74, 6) is 0. The van der Waals surface area contributed by atoms with Crippen molar-refractivity contribution in [1.29, 1.82) is 0 Å². The summed E-state index contributed by atoms with van der Waals surface area (Å²) in [6, 6.07) is 14.1. The first-order chi connectivity index (χ1) is 8.04. The van der Waals surface area contributed by atoms with E-state index in [0.29, 0.717) is 0 Å². The molecule has 87 valence electrons. The molecule has 0 atom stereocenters. The lowest BCUT2D eigenvalue weighted by Gasteiger charge is -2.22. The van der Waals surface area contributed by atoms with Crippen molar-refractivity contribution in [3.63, 3.8) is 0 Å². The van der Waals surface area contributed by atoms with E-state index in [2.05, 4.69) is 31.4 Å². The lowest BCUT2D eigenvalue weighted by Crippen LogP contribution is -2.17. The van der Waals surface area contributed by atoms with E-state index in [9.17, 15) is 5.41 Å². The summed E-state index contributed by atoms with van der Waals surface area (Å²) in [6.07, 6.45) is 1.16. The van der Waals surface area contributed by atoms with Gasteiger partial charge >= 0.3 is 0 Å². The van der Waals surface area contributed by atoms with Gasteiger partial charge in [-0.15, -0.1) is 0 Å². The zero-order valence-electron chi connectivity index (χ0n) is 10.5. The summed E-state index contributed by atoms with van der Waals surface area (Å²) in [4.78, 5) is 0. The third kappa shape index (κ3) is 2.16. The highest BCUT2D eigenvalue weighted by Gasteiger charge is 2.20. The molecule has 0 aliphatic rings. The smallest absolute Gasteiger partial charge is 0.0736 e. The Kier molecular flexibility index (Phi) is 2.88. The average Bonchev–Trinajstić information content (AvgIpc) is 2.73. The Morgan fingerprint density at radius 3 is 2.18 bits per heavy atom. The quantitative estimate of drug-likeness (QED) is 0.703. The van der Waals surface area contributed by atoms with Crippen LogP contribution in [0.25, 0.3) is 5.69 Å². The van der Waals surface area contributed by atoms with E-state index in [-0.39, 0.29) is 5.41 Å². The number of nitrogens with zero attached hydrogens (tertiary/aromatic N) is 2. The SMILES string of the molecule is CC(C)(C)c1ccc(C=[N])n1-c1ccccc1. The topological polar surface area (TPSA) is 27.2 Å². The van der Waals surface area contributed by atoms with E-state index < -0.39 is 0 Å². The van der Waals surface area contributed by atoms with Gasteiger partial charge in [-0.1, -0.05) is 39.0 Å². The Bertz CT molecular complexity index is 516. The molecular weight excluding hydrogens is 208 g/mol. The molecule has 0 saturated carbocycles. The van der Waals surface area contributed by atoms with Gasteiger partial charge in [0.05, 0.1) is 11.9 Å². The minimum atomic E-state index is 0.0388. The summed E-state index contributed by atoms with van der Waals surface area (Å²) >= 11 is 0. The molecule has 2 rings (SSSR count). The van der Waals surface area contributed by atoms with E-state index in [0.717, 1.165) is 17.6 Å². The van der Waals surface area contributed by atoms with Crippen LogP contribution >= 0.6 is 0 Å². The van der Waals surface area contributed by atoms with Crippen LogP contribution in [0, 0.1) is 0 Å². The standard InChI is InChI=1S/C15H17N2/c1-15(2,3)14-10-9-13(11-16)17(14)12-7-5-4-6-8-12/h4-11H,1-3H3. The van der Waals surface area contributed by atoms with Gasteiger partial charge in [-0.25, -0.2) is 0 Å². The highest BCUT2D eigenvalue weighted by molar-refractivity contribution is 5.77. The molecule has 1 radical (unpaired) electrons. The molecule has 0 unspecified atom stereocenters. The van der Waals surface area contributed by atoms with Gasteiger partial charge in [-0.2, -0.15) is 5.41 Å². The van der Waals surface area contributed by atoms with Crippen LogP contribution in [0.15, 0.2) is 42.5 Å². The number of rotatable bonds is 2. The molecule has 0 bridgehead atoms. The van der Waals surface area contributed by atoms with Crippen molar-refractivity contribution < 1.29 is 0 Å². The third-order valence-electron chi connectivity index (χ3n) is 2.83. The summed E-state index contributed by atoms with van der Waals surface area (Å²) in [5.41, 5.74) is 3.10. The predicted molar refractivity (Wildman–Crippen MR) is 71.8 cm³/mol. The Balaban J connectivity index is 2.66. The first-order valence-corrected chi connectivity index (χ1v) is 5.79. The lowest BCUT2D eigenvalue weighted by atomic mass is 9.92. The van der Waals surface area contributed by atoms with Gasteiger partial charge < -0.3 is 4.57 Å². The van der Waals surface area contributed by atoms with Crippen molar-refractivity contribution in [2.24, 2.45) is 0 Å². The number of para-hydroxylation sites is 1. The number of hydrogen-bond acceptors (Lipinski definition) is 0. The molecule has 0 aliphatic carbocycles. The minimum absolute atomic E-state index is 0.0388. The summed E-state index contributed by atoms with van der Waals surface area (Å²) in [7, 11) is 0. The van der Waals surface area contributed by atoms with Crippen molar-refractivity contribution in [3.8, 4) is 5.69 Å². The Morgan fingerprint density at radius 1 is 1.00 bits per heavy atom. The van der Waals surface area contributed by atoms with Gasteiger partial charge in [0.2, 0.25) is 0 Å². The van der Waals surface area contributed by atoms with Gasteiger partial charge in [0.1, 0.15) is 0 Å². The molecule has 17 heavy (non-hydrogen) atoms. The highest BCUT2D eigenvalue weighted by Crippen LogP contribution is 2.27. The van der Waals surface area contributed by atoms with Crippen LogP contribution in [0.4, 0.5) is 0 Å². The number of benzene rings is 1. The Morgan fingerprint density at radius 2 is 1.65 bits per heavy atom. The van der Waals surface area contributed by atoms with Gasteiger partial charge in [0.15, 0.2) is 0 Å². The fourth-order valence-corrected chi connectivity index (χ4v) is 2.00. The molecule has 1 heterocycles. The maximum atomic E-state index is 9.31. The monoisotopic (exact) mass is 225 g/mol. The van der Waals surface area contributed by atoms with Crippen LogP contribution in [0.2, 0.25) is 0 Å². The molecule has 0 N–H and O–H groups in total. The third-order valence-corrected chi connectivity index (χ3v) is 2.83. The second-order valence-electron chi connectivity index (χ2n) is 5.19. The molecule has 0 amide bonds. The molecule has 1 aromatic heterocycles. The van der Waals surface area contributed by atoms with Crippen LogP contribution in [-0.4, -0.2) is 10.8 Å². The van der Waals surface area contributed by atoms with Crippen LogP contribution in [-0.2, 0) is 5.41 Å². The summed E-state index contributed by atoms with van der Waals surface area (Å²) in [6.45, 7) is 6.51. The molecule has 0 aliphatic heterocycles. The van der Waals surface area contributed by atoms with Crippen LogP contribution in [0.1, 0.15) is 32.2 Å². The highest BCUT2D eigenvalue weighted by atomic mass is 15.0. The molecule has 0 fully saturated rings. The summed E-state index contributed by atoms with van der Waals surface area (Å²) < 4.78 is 2.08. The van der Waals surface area contributed by atoms with Crippen molar-refractivity contribution in [1.82, 2.24) is 9.98 Å². The fourth-order valence-electron chi connectivity index (χ4n) is 2.00. The van der Waals surface area contributed by atoms with Gasteiger partial charge in [-0.3, -0.25) is 0 Å². The van der Waals surface area contributed by atoms with Crippen molar-refractivity contribution in [2.45, 2.75) is 26.2 Å². The average molecular weight is 225 g/mol. The molecule has 2 heteroatoms. The second kappa shape index (κ2) is 4.21. The second-order valence-corrected chi connectivity index (χ2v) is 5.19. The van der Waals surface area contributed by atoms with Crippen LogP contribution in [0.5, 0.6) is 0 Å². The number of hydrogen-bond donors (Lipinski definition) is 0. The molecule has 0 saturated heterocycles. The van der Waals surface area contributed by atoms with E-state index in [1.54, 1.807) is 0 Å². The van der Waals surface area contributed by atoms with Crippen molar-refractivity contribution in [3.05, 3.63) is 53.9 Å². The van der Waals surface area contributed by atoms with E-state index >= 15 is 0 Å². The largest absolute Gasteiger partial charge is 0.312 e. The van der Waals surface area contributed by atoms with E-state index in [1.165, 1.54) is 5.69 Å². The minimum Gasteiger partial charge on any atom is -0.312 e. The molecule has 0 spiro atoms. The first-order valence-electron chi connectivity index (χ1n) is 5.79. The van der Waals surface area contributed by atoms with Gasteiger partial charge in [-0.05, 0) is 24.3 Å². The molecular formula is C15H17N2. The molecule has 1 aromatic carbocycles. The van der Waals surface area contributed by atoms with Crippen molar-refractivity contribution in [2.75, 3.05) is 0 Å². The van der Waals surface area contributed by atoms with Crippen LogP contribution in [0.3, 0.4) is 0 Å². The Hall–Kier alpha value is -1.83. The van der Waals surface area contributed by atoms with E-state index in [4.69, 9.17) is 0 Å². The molecule has 2 aromatic rings. The maximum absolute atomic E-state index is 9.31. The van der Waals surface area contributed by atoms with Gasteiger partial charge in [0, 0.05) is 16.8 Å². The molecule has 2 nitrogen and oxygen atoms in total. The fraction of sp³-hybridized carbons (Fsp3) is 0.267. The summed E-state index contributed by atoms with van der Waals surface area (Å²) in [5, 5.41) is 9.31. The lowest BCUT2D eigenvalue weighted by molar-refractivity contribution is 0.556. The van der Waals surface area contributed by atoms with E-state index in [1.807, 2.05) is 36.4 Å². The first kappa shape index (κ1) is 11.6. The predicted octanol–water partition coefficient (Wildman–Crippen LogP) is 2.99. The Labute approximate surface area is 102 Å². The maximum Gasteiger partial charge on any atom is 0.0736 e. The van der Waals surface area contributed by atoms with Crippen LogP contribution < -0.4 is 5.41 Å². The zero-order valence-corrected chi connectivity index (χ0v) is 10.5. The van der Waals surface area contributed by atoms with Crippen molar-refractivity contribution >= 4 is 6.21 Å².